The number of carbonyl (C=O) groups is 2. The zero-order valence-electron chi connectivity index (χ0n) is 17.6. The molecule has 3 aromatic carbocycles. The molecule has 0 bridgehead atoms. The van der Waals surface area contributed by atoms with Crippen LogP contribution in [0.5, 0.6) is 0 Å². The van der Waals surface area contributed by atoms with E-state index in [2.05, 4.69) is 4.90 Å². The number of nitrogens with zero attached hydrogens (tertiary/aromatic N) is 1. The molecular weight excluding hydrogens is 402 g/mol. The second-order valence-corrected chi connectivity index (χ2v) is 8.84. The minimum Gasteiger partial charge on any atom is -0.481 e. The van der Waals surface area contributed by atoms with E-state index in [9.17, 15) is 19.8 Å². The van der Waals surface area contributed by atoms with Crippen molar-refractivity contribution in [2.24, 2.45) is 10.8 Å². The van der Waals surface area contributed by atoms with Crippen LogP contribution in [0.2, 0.25) is 0 Å². The fraction of sp³-hybridized carbons (Fsp3) is 0.259. The predicted molar refractivity (Wildman–Crippen MR) is 120 cm³/mol. The third kappa shape index (κ3) is 2.67. The zero-order chi connectivity index (χ0) is 22.3. The smallest absolute Gasteiger partial charge is 0.312 e. The Balaban J connectivity index is 1.78. The van der Waals surface area contributed by atoms with Gasteiger partial charge in [0.05, 0.1) is 12.1 Å². The van der Waals surface area contributed by atoms with Gasteiger partial charge in [-0.1, -0.05) is 91.0 Å². The predicted octanol–water partition coefficient (Wildman–Crippen LogP) is 4.92. The first-order valence-corrected chi connectivity index (χ1v) is 10.9. The molecule has 2 aliphatic rings. The molecule has 2 N–H and O–H groups in total. The third-order valence-electron chi connectivity index (χ3n) is 7.51. The van der Waals surface area contributed by atoms with Crippen molar-refractivity contribution in [1.29, 1.82) is 0 Å². The summed E-state index contributed by atoms with van der Waals surface area (Å²) in [5.74, 6) is -2.06. The van der Waals surface area contributed by atoms with Crippen LogP contribution in [0.4, 0.5) is 0 Å². The van der Waals surface area contributed by atoms with Gasteiger partial charge in [-0.2, -0.15) is 0 Å². The van der Waals surface area contributed by atoms with Gasteiger partial charge in [0.1, 0.15) is 10.8 Å². The second kappa shape index (κ2) is 7.61. The molecule has 5 rings (SSSR count). The van der Waals surface area contributed by atoms with E-state index >= 15 is 0 Å². The van der Waals surface area contributed by atoms with Crippen molar-refractivity contribution in [3.8, 4) is 0 Å². The molecule has 1 aliphatic carbocycles. The highest BCUT2D eigenvalue weighted by Gasteiger charge is 2.80. The van der Waals surface area contributed by atoms with Crippen molar-refractivity contribution in [2.45, 2.75) is 31.5 Å². The Morgan fingerprint density at radius 1 is 0.688 bits per heavy atom. The lowest BCUT2D eigenvalue weighted by Gasteiger charge is -2.52. The molecule has 4 atom stereocenters. The number of benzene rings is 3. The average molecular weight is 428 g/mol. The fourth-order valence-corrected chi connectivity index (χ4v) is 6.17. The van der Waals surface area contributed by atoms with Gasteiger partial charge in [-0.15, -0.1) is 0 Å². The van der Waals surface area contributed by atoms with Gasteiger partial charge < -0.3 is 10.2 Å². The number of rotatable bonds is 6. The number of hydrogen-bond acceptors (Lipinski definition) is 3. The SMILES string of the molecule is O=C(O)[C@]12CC[C@@]1(C(=O)O)[C@@H](c1ccccc1)N(Cc1ccccc1)[C@@H]2c1ccccc1. The number of fused-ring (bicyclic) bond motifs is 1. The minimum absolute atomic E-state index is 0.336. The summed E-state index contributed by atoms with van der Waals surface area (Å²) in [5.41, 5.74) is -0.105. The highest BCUT2D eigenvalue weighted by Crippen LogP contribution is 2.76. The van der Waals surface area contributed by atoms with E-state index in [4.69, 9.17) is 0 Å². The summed E-state index contributed by atoms with van der Waals surface area (Å²) in [6.45, 7) is 0.462. The van der Waals surface area contributed by atoms with Crippen LogP contribution >= 0.6 is 0 Å². The number of likely N-dealkylation sites (tertiary alicyclic amines) is 1. The lowest BCUT2D eigenvalue weighted by molar-refractivity contribution is -0.191. The monoisotopic (exact) mass is 427 g/mol. The van der Waals surface area contributed by atoms with Crippen LogP contribution in [0.3, 0.4) is 0 Å². The summed E-state index contributed by atoms with van der Waals surface area (Å²) < 4.78 is 0. The molecule has 0 radical (unpaired) electrons. The van der Waals surface area contributed by atoms with Gasteiger partial charge in [0.2, 0.25) is 0 Å². The molecule has 1 saturated carbocycles. The summed E-state index contributed by atoms with van der Waals surface area (Å²) in [4.78, 5) is 28.0. The maximum atomic E-state index is 13.0. The quantitative estimate of drug-likeness (QED) is 0.584. The van der Waals surface area contributed by atoms with Gasteiger partial charge in [-0.25, -0.2) is 0 Å². The molecule has 0 unspecified atom stereocenters. The summed E-state index contributed by atoms with van der Waals surface area (Å²) >= 11 is 0. The largest absolute Gasteiger partial charge is 0.481 e. The number of carboxylic acids is 2. The van der Waals surface area contributed by atoms with Crippen LogP contribution in [0.15, 0.2) is 91.0 Å². The Hall–Kier alpha value is -3.44. The number of carboxylic acid groups (broad SMARTS) is 2. The van der Waals surface area contributed by atoms with Gasteiger partial charge >= 0.3 is 11.9 Å². The van der Waals surface area contributed by atoms with Gasteiger partial charge in [0.25, 0.3) is 0 Å². The Kier molecular flexibility index (Phi) is 4.86. The molecule has 1 heterocycles. The molecule has 3 aromatic rings. The van der Waals surface area contributed by atoms with Crippen LogP contribution < -0.4 is 0 Å². The van der Waals surface area contributed by atoms with Crippen molar-refractivity contribution in [3.63, 3.8) is 0 Å². The first-order valence-electron chi connectivity index (χ1n) is 10.9. The summed E-state index contributed by atoms with van der Waals surface area (Å²) in [6.07, 6.45) is 0.672. The van der Waals surface area contributed by atoms with Gasteiger partial charge in [-0.05, 0) is 29.5 Å². The molecule has 5 heteroatoms. The van der Waals surface area contributed by atoms with E-state index < -0.39 is 34.9 Å². The molecule has 162 valence electrons. The van der Waals surface area contributed by atoms with Crippen molar-refractivity contribution in [1.82, 2.24) is 4.90 Å². The van der Waals surface area contributed by atoms with Gasteiger partial charge in [0.15, 0.2) is 0 Å². The molecule has 0 aromatic heterocycles. The van der Waals surface area contributed by atoms with Crippen molar-refractivity contribution in [3.05, 3.63) is 108 Å². The molecule has 1 aliphatic heterocycles. The van der Waals surface area contributed by atoms with Crippen LogP contribution in [0.1, 0.15) is 41.6 Å². The number of hydrogen-bond donors (Lipinski definition) is 2. The maximum Gasteiger partial charge on any atom is 0.312 e. The van der Waals surface area contributed by atoms with Crippen LogP contribution in [-0.2, 0) is 16.1 Å². The van der Waals surface area contributed by atoms with E-state index in [-0.39, 0.29) is 0 Å². The molecule has 1 saturated heterocycles. The highest BCUT2D eigenvalue weighted by atomic mass is 16.4. The molecule has 0 amide bonds. The maximum absolute atomic E-state index is 13.0. The van der Waals surface area contributed by atoms with Gasteiger partial charge in [-0.3, -0.25) is 14.5 Å². The Morgan fingerprint density at radius 2 is 1.06 bits per heavy atom. The number of aliphatic carboxylic acids is 2. The first kappa shape index (κ1) is 20.5. The molecule has 5 nitrogen and oxygen atoms in total. The Bertz CT molecular complexity index is 1060. The molecule has 2 fully saturated rings. The van der Waals surface area contributed by atoms with E-state index in [0.717, 1.165) is 16.7 Å². The lowest BCUT2D eigenvalue weighted by Crippen LogP contribution is -2.60. The summed E-state index contributed by atoms with van der Waals surface area (Å²) in [6, 6.07) is 27.8. The van der Waals surface area contributed by atoms with Crippen LogP contribution in [0.25, 0.3) is 0 Å². The van der Waals surface area contributed by atoms with E-state index in [1.54, 1.807) is 0 Å². The van der Waals surface area contributed by atoms with Crippen molar-refractivity contribution < 1.29 is 19.8 Å². The van der Waals surface area contributed by atoms with Crippen molar-refractivity contribution >= 4 is 11.9 Å². The minimum atomic E-state index is -1.41. The Labute approximate surface area is 186 Å². The van der Waals surface area contributed by atoms with E-state index in [0.29, 0.717) is 19.4 Å². The van der Waals surface area contributed by atoms with E-state index in [1.807, 2.05) is 91.0 Å². The topological polar surface area (TPSA) is 77.8 Å². The summed E-state index contributed by atoms with van der Waals surface area (Å²) in [5, 5.41) is 21.2. The summed E-state index contributed by atoms with van der Waals surface area (Å²) in [7, 11) is 0. The molecule has 0 spiro atoms. The van der Waals surface area contributed by atoms with E-state index in [1.165, 1.54) is 0 Å². The third-order valence-corrected chi connectivity index (χ3v) is 7.51. The van der Waals surface area contributed by atoms with Crippen LogP contribution in [-0.4, -0.2) is 27.1 Å². The van der Waals surface area contributed by atoms with Crippen LogP contribution in [0, 0.1) is 10.8 Å². The second-order valence-electron chi connectivity index (χ2n) is 8.84. The zero-order valence-corrected chi connectivity index (χ0v) is 17.6. The Morgan fingerprint density at radius 3 is 1.41 bits per heavy atom. The fourth-order valence-electron chi connectivity index (χ4n) is 6.17. The molecular formula is C27H25NO4. The van der Waals surface area contributed by atoms with Crippen molar-refractivity contribution in [2.75, 3.05) is 0 Å². The molecule has 32 heavy (non-hydrogen) atoms. The highest BCUT2D eigenvalue weighted by molar-refractivity contribution is 5.92. The normalized spacial score (nSPS) is 29.1. The first-order chi connectivity index (χ1) is 15.5. The average Bonchev–Trinajstić information content (AvgIpc) is 2.97. The standard InChI is InChI=1S/C27H25NO4/c29-24(30)26-16-17-27(26,25(31)32)23(21-14-8-3-9-15-21)28(18-19-10-4-1-5-11-19)22(26)20-12-6-2-7-13-20/h1-15,22-23H,16-18H2,(H,29,30)(H,31,32)/t22-,23-,26-,27+/m1/s1. The lowest BCUT2D eigenvalue weighted by atomic mass is 9.45. The van der Waals surface area contributed by atoms with Gasteiger partial charge in [0, 0.05) is 6.54 Å².